The first kappa shape index (κ1) is 15.1. The van der Waals surface area contributed by atoms with Crippen LogP contribution < -0.4 is 4.74 Å². The van der Waals surface area contributed by atoms with E-state index in [0.717, 1.165) is 5.39 Å². The number of aliphatic hydroxyl groups is 4. The first-order chi connectivity index (χ1) is 10.6. The normalized spacial score (nSPS) is 32.1. The minimum atomic E-state index is -1.47. The molecule has 3 rings (SSSR count). The van der Waals surface area contributed by atoms with Crippen molar-refractivity contribution in [2.24, 2.45) is 0 Å². The van der Waals surface area contributed by atoms with Gasteiger partial charge >= 0.3 is 0 Å². The predicted molar refractivity (Wildman–Crippen MR) is 76.1 cm³/mol. The fourth-order valence-corrected chi connectivity index (χ4v) is 2.46. The molecular formula is C15H17NO6. The summed E-state index contributed by atoms with van der Waals surface area (Å²) < 4.78 is 11.0. The summed E-state index contributed by atoms with van der Waals surface area (Å²) in [5.74, 6) is 0.426. The summed E-state index contributed by atoms with van der Waals surface area (Å²) >= 11 is 0. The highest BCUT2D eigenvalue weighted by atomic mass is 16.7. The molecule has 0 unspecified atom stereocenters. The molecule has 1 saturated heterocycles. The van der Waals surface area contributed by atoms with E-state index in [0.29, 0.717) is 11.3 Å². The third-order valence-corrected chi connectivity index (χ3v) is 3.70. The lowest BCUT2D eigenvalue weighted by Gasteiger charge is -2.39. The third kappa shape index (κ3) is 2.65. The van der Waals surface area contributed by atoms with Crippen molar-refractivity contribution in [1.82, 2.24) is 4.98 Å². The number of pyridine rings is 1. The van der Waals surface area contributed by atoms with E-state index < -0.39 is 37.3 Å². The van der Waals surface area contributed by atoms with E-state index in [2.05, 4.69) is 4.98 Å². The average molecular weight is 307 g/mol. The van der Waals surface area contributed by atoms with Crippen LogP contribution in [0.4, 0.5) is 0 Å². The molecule has 1 aliphatic rings. The van der Waals surface area contributed by atoms with Crippen molar-refractivity contribution in [1.29, 1.82) is 0 Å². The lowest BCUT2D eigenvalue weighted by Crippen LogP contribution is -2.60. The molecule has 7 nitrogen and oxygen atoms in total. The number of aromatic nitrogens is 1. The van der Waals surface area contributed by atoms with E-state index in [4.69, 9.17) is 9.47 Å². The molecule has 1 fully saturated rings. The Morgan fingerprint density at radius 1 is 1.05 bits per heavy atom. The van der Waals surface area contributed by atoms with E-state index in [1.165, 1.54) is 0 Å². The van der Waals surface area contributed by atoms with Gasteiger partial charge in [-0.05, 0) is 18.2 Å². The summed E-state index contributed by atoms with van der Waals surface area (Å²) in [6, 6.07) is 8.90. The Balaban J connectivity index is 1.87. The van der Waals surface area contributed by atoms with E-state index >= 15 is 0 Å². The second-order valence-corrected chi connectivity index (χ2v) is 5.14. The number of benzene rings is 1. The summed E-state index contributed by atoms with van der Waals surface area (Å²) in [5, 5.41) is 39.4. The molecule has 1 aromatic carbocycles. The van der Waals surface area contributed by atoms with Gasteiger partial charge in [-0.25, -0.2) is 0 Å². The van der Waals surface area contributed by atoms with E-state index in [-0.39, 0.29) is 0 Å². The van der Waals surface area contributed by atoms with Crippen LogP contribution in [-0.2, 0) is 4.74 Å². The molecule has 118 valence electrons. The molecule has 0 aliphatic carbocycles. The van der Waals surface area contributed by atoms with Crippen LogP contribution in [0.3, 0.4) is 0 Å². The first-order valence-corrected chi connectivity index (χ1v) is 6.92. The minimum Gasteiger partial charge on any atom is -0.461 e. The molecule has 0 radical (unpaired) electrons. The number of aliphatic hydroxyl groups excluding tert-OH is 4. The number of para-hydroxylation sites is 1. The maximum Gasteiger partial charge on any atom is 0.229 e. The molecule has 0 saturated carbocycles. The molecule has 0 bridgehead atoms. The van der Waals surface area contributed by atoms with Gasteiger partial charge in [0, 0.05) is 11.6 Å². The topological polar surface area (TPSA) is 112 Å². The standard InChI is InChI=1S/C15H17NO6/c17-7-11-12(18)13(19)14(20)15(22-11)21-10-5-6-16-9-4-2-1-3-8(9)10/h1-6,11-15,17-20H,7H2/t11-,12-,13+,14-,15-/m1/s1. The number of fused-ring (bicyclic) bond motifs is 1. The SMILES string of the molecule is OC[C@H]1O[C@@H](Oc2ccnc3ccccc23)[C@H](O)[C@@H](O)[C@@H]1O. The Kier molecular flexibility index (Phi) is 4.23. The summed E-state index contributed by atoms with van der Waals surface area (Å²) in [4.78, 5) is 4.20. The second-order valence-electron chi connectivity index (χ2n) is 5.14. The average Bonchev–Trinajstić information content (AvgIpc) is 2.55. The highest BCUT2D eigenvalue weighted by molar-refractivity contribution is 5.84. The van der Waals surface area contributed by atoms with Gasteiger partial charge in [0.1, 0.15) is 30.2 Å². The Morgan fingerprint density at radius 3 is 2.59 bits per heavy atom. The molecule has 0 spiro atoms. The lowest BCUT2D eigenvalue weighted by molar-refractivity contribution is -0.277. The zero-order valence-electron chi connectivity index (χ0n) is 11.6. The van der Waals surface area contributed by atoms with Crippen molar-refractivity contribution >= 4 is 10.9 Å². The molecule has 0 amide bonds. The summed E-state index contributed by atoms with van der Waals surface area (Å²) in [5.41, 5.74) is 0.713. The number of hydrogen-bond donors (Lipinski definition) is 4. The summed E-state index contributed by atoms with van der Waals surface area (Å²) in [7, 11) is 0. The zero-order chi connectivity index (χ0) is 15.7. The van der Waals surface area contributed by atoms with Gasteiger partial charge in [0.25, 0.3) is 0 Å². The Morgan fingerprint density at radius 2 is 1.82 bits per heavy atom. The Labute approximate surface area is 126 Å². The van der Waals surface area contributed by atoms with Crippen LogP contribution >= 0.6 is 0 Å². The van der Waals surface area contributed by atoms with E-state index in [1.807, 2.05) is 24.3 Å². The Hall–Kier alpha value is -1.77. The number of nitrogens with zero attached hydrogens (tertiary/aromatic N) is 1. The first-order valence-electron chi connectivity index (χ1n) is 6.92. The van der Waals surface area contributed by atoms with Gasteiger partial charge < -0.3 is 29.9 Å². The minimum absolute atomic E-state index is 0.426. The fraction of sp³-hybridized carbons (Fsp3) is 0.400. The molecule has 2 aromatic rings. The maximum absolute atomic E-state index is 10.00. The third-order valence-electron chi connectivity index (χ3n) is 3.70. The molecule has 7 heteroatoms. The number of hydrogen-bond acceptors (Lipinski definition) is 7. The molecule has 1 aromatic heterocycles. The maximum atomic E-state index is 10.00. The van der Waals surface area contributed by atoms with Crippen molar-refractivity contribution in [3.8, 4) is 5.75 Å². The molecule has 2 heterocycles. The largest absolute Gasteiger partial charge is 0.461 e. The van der Waals surface area contributed by atoms with Crippen molar-refractivity contribution < 1.29 is 29.9 Å². The van der Waals surface area contributed by atoms with Crippen molar-refractivity contribution in [3.05, 3.63) is 36.5 Å². The zero-order valence-corrected chi connectivity index (χ0v) is 11.6. The summed E-state index contributed by atoms with van der Waals surface area (Å²) in [6.07, 6.45) is -4.97. The molecule has 1 aliphatic heterocycles. The molecular weight excluding hydrogens is 290 g/mol. The van der Waals surface area contributed by atoms with Gasteiger partial charge in [0.15, 0.2) is 0 Å². The smallest absolute Gasteiger partial charge is 0.229 e. The van der Waals surface area contributed by atoms with Gasteiger partial charge in [0.2, 0.25) is 6.29 Å². The second kappa shape index (κ2) is 6.15. The fourth-order valence-electron chi connectivity index (χ4n) is 2.46. The van der Waals surface area contributed by atoms with E-state index in [1.54, 1.807) is 12.3 Å². The quantitative estimate of drug-likeness (QED) is 0.600. The van der Waals surface area contributed by atoms with Gasteiger partial charge in [0.05, 0.1) is 12.1 Å². The van der Waals surface area contributed by atoms with Crippen molar-refractivity contribution in [2.75, 3.05) is 6.61 Å². The van der Waals surface area contributed by atoms with Gasteiger partial charge in [-0.15, -0.1) is 0 Å². The van der Waals surface area contributed by atoms with E-state index in [9.17, 15) is 20.4 Å². The van der Waals surface area contributed by atoms with Crippen LogP contribution in [0.5, 0.6) is 5.75 Å². The van der Waals surface area contributed by atoms with Gasteiger partial charge in [-0.1, -0.05) is 12.1 Å². The highest BCUT2D eigenvalue weighted by Crippen LogP contribution is 2.28. The van der Waals surface area contributed by atoms with Crippen LogP contribution in [0.25, 0.3) is 10.9 Å². The van der Waals surface area contributed by atoms with Crippen molar-refractivity contribution in [3.63, 3.8) is 0 Å². The van der Waals surface area contributed by atoms with Gasteiger partial charge in [-0.3, -0.25) is 4.98 Å². The molecule has 4 N–H and O–H groups in total. The highest BCUT2D eigenvalue weighted by Gasteiger charge is 2.44. The Bertz CT molecular complexity index is 643. The number of ether oxygens (including phenoxy) is 2. The lowest BCUT2D eigenvalue weighted by atomic mass is 9.99. The molecule has 22 heavy (non-hydrogen) atoms. The van der Waals surface area contributed by atoms with Crippen LogP contribution in [-0.4, -0.2) is 62.7 Å². The molecule has 5 atom stereocenters. The monoisotopic (exact) mass is 307 g/mol. The number of rotatable bonds is 3. The van der Waals surface area contributed by atoms with Gasteiger partial charge in [-0.2, -0.15) is 0 Å². The van der Waals surface area contributed by atoms with Crippen LogP contribution in [0, 0.1) is 0 Å². The predicted octanol–water partition coefficient (Wildman–Crippen LogP) is -0.587. The summed E-state index contributed by atoms with van der Waals surface area (Å²) in [6.45, 7) is -0.498. The van der Waals surface area contributed by atoms with Crippen LogP contribution in [0.1, 0.15) is 0 Å². The van der Waals surface area contributed by atoms with Crippen LogP contribution in [0.2, 0.25) is 0 Å². The van der Waals surface area contributed by atoms with Crippen LogP contribution in [0.15, 0.2) is 36.5 Å². The van der Waals surface area contributed by atoms with Crippen molar-refractivity contribution in [2.45, 2.75) is 30.7 Å².